The Labute approximate surface area is 169 Å². The lowest BCUT2D eigenvalue weighted by atomic mass is 10.0. The van der Waals surface area contributed by atoms with Crippen molar-refractivity contribution in [2.45, 2.75) is 55.7 Å². The Morgan fingerprint density at radius 3 is 2.18 bits per heavy atom. The lowest BCUT2D eigenvalue weighted by Gasteiger charge is -2.26. The van der Waals surface area contributed by atoms with Gasteiger partial charge in [-0.25, -0.2) is 21.1 Å². The van der Waals surface area contributed by atoms with Crippen LogP contribution < -0.4 is 0 Å². The van der Waals surface area contributed by atoms with Gasteiger partial charge < -0.3 is 0 Å². The summed E-state index contributed by atoms with van der Waals surface area (Å²) in [6.07, 6.45) is 6.44. The van der Waals surface area contributed by atoms with Crippen molar-refractivity contribution < 1.29 is 16.8 Å². The molecule has 1 aromatic rings. The molecule has 2 aliphatic heterocycles. The Hall–Kier alpha value is -0.960. The molecule has 2 atom stereocenters. The molecule has 2 heterocycles. The van der Waals surface area contributed by atoms with Crippen LogP contribution in [-0.4, -0.2) is 63.7 Å². The summed E-state index contributed by atoms with van der Waals surface area (Å²) in [5.74, 6) is -0.155. The van der Waals surface area contributed by atoms with E-state index in [0.717, 1.165) is 37.9 Å². The highest BCUT2D eigenvalue weighted by Gasteiger charge is 2.44. The van der Waals surface area contributed by atoms with Crippen LogP contribution in [0.25, 0.3) is 0 Å². The molecule has 0 aromatic heterocycles. The molecule has 0 aliphatic carbocycles. The minimum atomic E-state index is -3.57. The molecule has 6 nitrogen and oxygen atoms in total. The second-order valence-corrected chi connectivity index (χ2v) is 12.3. The summed E-state index contributed by atoms with van der Waals surface area (Å²) in [6, 6.07) is 7.20. The van der Waals surface area contributed by atoms with E-state index in [-0.39, 0.29) is 12.5 Å². The molecule has 0 amide bonds. The summed E-state index contributed by atoms with van der Waals surface area (Å²) in [7, 11) is -6.96. The first-order valence-electron chi connectivity index (χ1n) is 10.2. The van der Waals surface area contributed by atoms with Crippen LogP contribution in [0.15, 0.2) is 29.2 Å². The van der Waals surface area contributed by atoms with Crippen molar-refractivity contribution in [2.75, 3.05) is 32.4 Å². The van der Waals surface area contributed by atoms with Crippen LogP contribution in [0.2, 0.25) is 0 Å². The summed E-state index contributed by atoms with van der Waals surface area (Å²) in [4.78, 5) is 2.71. The van der Waals surface area contributed by atoms with Gasteiger partial charge in [-0.2, -0.15) is 0 Å². The molecule has 1 unspecified atom stereocenters. The number of sulfone groups is 1. The van der Waals surface area contributed by atoms with Crippen molar-refractivity contribution in [3.8, 4) is 0 Å². The Balaban J connectivity index is 1.77. The molecule has 2 saturated heterocycles. The summed E-state index contributed by atoms with van der Waals surface area (Å²) in [5.41, 5.74) is 1.12. The van der Waals surface area contributed by atoms with Gasteiger partial charge in [0, 0.05) is 19.6 Å². The number of piperidine rings is 1. The molecule has 1 aromatic carbocycles. The molecule has 0 radical (unpaired) electrons. The largest absolute Gasteiger partial charge is 0.299 e. The number of nitrogens with zero attached hydrogens (tertiary/aromatic N) is 2. The van der Waals surface area contributed by atoms with Crippen molar-refractivity contribution in [1.82, 2.24) is 9.21 Å². The Morgan fingerprint density at radius 2 is 1.61 bits per heavy atom. The zero-order valence-corrected chi connectivity index (χ0v) is 18.5. The van der Waals surface area contributed by atoms with E-state index in [2.05, 4.69) is 4.90 Å². The molecule has 158 valence electrons. The van der Waals surface area contributed by atoms with Gasteiger partial charge in [0.1, 0.15) is 0 Å². The van der Waals surface area contributed by atoms with Gasteiger partial charge in [0.05, 0.1) is 16.4 Å². The van der Waals surface area contributed by atoms with E-state index in [0.29, 0.717) is 17.9 Å². The van der Waals surface area contributed by atoms with Crippen molar-refractivity contribution in [3.63, 3.8) is 0 Å². The highest BCUT2D eigenvalue weighted by Crippen LogP contribution is 2.32. The van der Waals surface area contributed by atoms with Crippen LogP contribution in [0, 0.1) is 5.92 Å². The zero-order chi connectivity index (χ0) is 20.4. The number of benzene rings is 1. The topological polar surface area (TPSA) is 74.8 Å². The van der Waals surface area contributed by atoms with Crippen molar-refractivity contribution in [3.05, 3.63) is 29.8 Å². The predicted octanol–water partition coefficient (Wildman–Crippen LogP) is 2.51. The minimum Gasteiger partial charge on any atom is -0.299 e. The van der Waals surface area contributed by atoms with Crippen molar-refractivity contribution >= 4 is 19.9 Å². The quantitative estimate of drug-likeness (QED) is 0.667. The van der Waals surface area contributed by atoms with Crippen LogP contribution in [-0.2, 0) is 26.4 Å². The molecule has 0 spiro atoms. The van der Waals surface area contributed by atoms with Crippen molar-refractivity contribution in [1.29, 1.82) is 0 Å². The number of hydrogen-bond donors (Lipinski definition) is 0. The SMILES string of the molecule is CCC[C@@H]1CN(S(C)(=O)=O)CC1S(=O)(=O)c1ccc(CN2CCCCC2)cc1. The smallest absolute Gasteiger partial charge is 0.211 e. The van der Waals surface area contributed by atoms with Crippen LogP contribution in [0.3, 0.4) is 0 Å². The third-order valence-electron chi connectivity index (χ3n) is 5.98. The highest BCUT2D eigenvalue weighted by molar-refractivity contribution is 7.92. The number of hydrogen-bond acceptors (Lipinski definition) is 5. The first-order valence-corrected chi connectivity index (χ1v) is 13.6. The third-order valence-corrected chi connectivity index (χ3v) is 9.48. The fourth-order valence-electron chi connectivity index (χ4n) is 4.41. The maximum Gasteiger partial charge on any atom is 0.211 e. The average Bonchev–Trinajstić information content (AvgIpc) is 3.09. The number of sulfonamides is 1. The molecular formula is C20H32N2O4S2. The molecule has 28 heavy (non-hydrogen) atoms. The van der Waals surface area contributed by atoms with E-state index in [1.54, 1.807) is 12.1 Å². The van der Waals surface area contributed by atoms with Crippen LogP contribution >= 0.6 is 0 Å². The van der Waals surface area contributed by atoms with E-state index < -0.39 is 25.1 Å². The molecular weight excluding hydrogens is 396 g/mol. The third kappa shape index (κ3) is 4.96. The molecule has 0 N–H and O–H groups in total. The lowest BCUT2D eigenvalue weighted by molar-refractivity contribution is 0.221. The van der Waals surface area contributed by atoms with Crippen LogP contribution in [0.1, 0.15) is 44.6 Å². The summed E-state index contributed by atoms with van der Waals surface area (Å²) in [5, 5.41) is -0.671. The molecule has 2 aliphatic rings. The fraction of sp³-hybridized carbons (Fsp3) is 0.700. The Bertz CT molecular complexity index is 860. The van der Waals surface area contributed by atoms with Gasteiger partial charge in [0.2, 0.25) is 10.0 Å². The maximum absolute atomic E-state index is 13.3. The van der Waals surface area contributed by atoms with Gasteiger partial charge >= 0.3 is 0 Å². The van der Waals surface area contributed by atoms with Gasteiger partial charge in [0.15, 0.2) is 9.84 Å². The van der Waals surface area contributed by atoms with E-state index in [1.807, 2.05) is 19.1 Å². The number of likely N-dealkylation sites (tertiary alicyclic amines) is 1. The van der Waals surface area contributed by atoms with Gasteiger partial charge in [0.25, 0.3) is 0 Å². The number of rotatable bonds is 7. The summed E-state index contributed by atoms with van der Waals surface area (Å²) < 4.78 is 51.7. The monoisotopic (exact) mass is 428 g/mol. The first-order chi connectivity index (χ1) is 13.2. The predicted molar refractivity (Wildman–Crippen MR) is 111 cm³/mol. The van der Waals surface area contributed by atoms with Gasteiger partial charge in [-0.1, -0.05) is 31.9 Å². The zero-order valence-electron chi connectivity index (χ0n) is 16.9. The van der Waals surface area contributed by atoms with E-state index in [4.69, 9.17) is 0 Å². The van der Waals surface area contributed by atoms with E-state index in [1.165, 1.54) is 23.6 Å². The maximum atomic E-state index is 13.3. The molecule has 0 saturated carbocycles. The molecule has 2 fully saturated rings. The molecule has 8 heteroatoms. The van der Waals surface area contributed by atoms with Crippen LogP contribution in [0.4, 0.5) is 0 Å². The average molecular weight is 429 g/mol. The minimum absolute atomic E-state index is 0.0569. The van der Waals surface area contributed by atoms with Gasteiger partial charge in [-0.3, -0.25) is 4.90 Å². The fourth-order valence-corrected chi connectivity index (χ4v) is 7.37. The normalized spacial score (nSPS) is 25.2. The Morgan fingerprint density at radius 1 is 0.964 bits per heavy atom. The second kappa shape index (κ2) is 8.81. The Kier molecular flexibility index (Phi) is 6.84. The van der Waals surface area contributed by atoms with Gasteiger partial charge in [-0.15, -0.1) is 0 Å². The molecule has 3 rings (SSSR count). The second-order valence-electron chi connectivity index (χ2n) is 8.19. The summed E-state index contributed by atoms with van der Waals surface area (Å²) in [6.45, 7) is 5.40. The summed E-state index contributed by atoms with van der Waals surface area (Å²) >= 11 is 0. The first kappa shape index (κ1) is 21.7. The van der Waals surface area contributed by atoms with E-state index >= 15 is 0 Å². The van der Waals surface area contributed by atoms with Crippen LogP contribution in [0.5, 0.6) is 0 Å². The standard InChI is InChI=1S/C20H32N2O4S2/c1-3-7-18-15-22(27(2,23)24)16-20(18)28(25,26)19-10-8-17(9-11-19)14-21-12-5-4-6-13-21/h8-11,18,20H,3-7,12-16H2,1-2H3/t18-,20?/m1/s1. The van der Waals surface area contributed by atoms with E-state index in [9.17, 15) is 16.8 Å². The van der Waals surface area contributed by atoms with Gasteiger partial charge in [-0.05, 0) is 56.0 Å². The highest BCUT2D eigenvalue weighted by atomic mass is 32.2. The molecule has 0 bridgehead atoms. The van der Waals surface area contributed by atoms with Crippen molar-refractivity contribution in [2.24, 2.45) is 5.92 Å². The lowest BCUT2D eigenvalue weighted by Crippen LogP contribution is -2.32.